The van der Waals surface area contributed by atoms with Crippen molar-refractivity contribution in [1.82, 2.24) is 15.1 Å². The molecule has 1 saturated heterocycles. The molecule has 2 aromatic rings. The van der Waals surface area contributed by atoms with E-state index in [9.17, 15) is 4.79 Å². The summed E-state index contributed by atoms with van der Waals surface area (Å²) in [5.41, 5.74) is 2.04. The van der Waals surface area contributed by atoms with Crippen LogP contribution < -0.4 is 4.90 Å². The highest BCUT2D eigenvalue weighted by atomic mass is 32.2. The summed E-state index contributed by atoms with van der Waals surface area (Å²) < 4.78 is 5.73. The lowest BCUT2D eigenvalue weighted by Gasteiger charge is -2.32. The summed E-state index contributed by atoms with van der Waals surface area (Å²) in [5, 5.41) is 8.41. The number of benzene rings is 1. The van der Waals surface area contributed by atoms with Crippen molar-refractivity contribution in [2.24, 2.45) is 0 Å². The van der Waals surface area contributed by atoms with Crippen LogP contribution in [0.5, 0.6) is 0 Å². The van der Waals surface area contributed by atoms with Crippen molar-refractivity contribution in [2.75, 3.05) is 32.7 Å². The largest absolute Gasteiger partial charge is 0.411 e. The van der Waals surface area contributed by atoms with Gasteiger partial charge in [-0.25, -0.2) is 0 Å². The molecule has 2 heterocycles. The minimum atomic E-state index is -0.228. The number of hydrogen-bond acceptors (Lipinski definition) is 5. The number of hydrogen-bond donors (Lipinski definition) is 1. The molecule has 0 spiro atoms. The van der Waals surface area contributed by atoms with E-state index in [1.54, 1.807) is 4.90 Å². The van der Waals surface area contributed by atoms with E-state index in [1.807, 2.05) is 43.0 Å². The summed E-state index contributed by atoms with van der Waals surface area (Å²) in [7, 11) is 0. The Hall–Kier alpha value is -1.86. The summed E-state index contributed by atoms with van der Waals surface area (Å²) in [6.07, 6.45) is 0. The third-order valence-corrected chi connectivity index (χ3v) is 5.50. The molecule has 0 radical (unpaired) electrons. The van der Waals surface area contributed by atoms with Gasteiger partial charge >= 0.3 is 0 Å². The Labute approximate surface area is 152 Å². The Morgan fingerprint density at radius 2 is 2.12 bits per heavy atom. The Bertz CT molecular complexity index is 725. The van der Waals surface area contributed by atoms with Crippen LogP contribution >= 0.6 is 11.8 Å². The fourth-order valence-electron chi connectivity index (χ4n) is 3.01. The normalized spacial score (nSPS) is 16.8. The first-order valence-corrected chi connectivity index (χ1v) is 9.64. The van der Waals surface area contributed by atoms with Crippen LogP contribution in [0, 0.1) is 6.92 Å². The van der Waals surface area contributed by atoms with E-state index in [-0.39, 0.29) is 11.2 Å². The Balaban J connectivity index is 1.60. The summed E-state index contributed by atoms with van der Waals surface area (Å²) >= 11 is 1.33. The van der Waals surface area contributed by atoms with Gasteiger partial charge in [0.1, 0.15) is 0 Å². The van der Waals surface area contributed by atoms with Crippen molar-refractivity contribution < 1.29 is 14.1 Å². The first kappa shape index (κ1) is 17.9. The van der Waals surface area contributed by atoms with Crippen LogP contribution in [0.2, 0.25) is 0 Å². The van der Waals surface area contributed by atoms with Gasteiger partial charge < -0.3 is 14.2 Å². The predicted molar refractivity (Wildman–Crippen MR) is 97.6 cm³/mol. The highest BCUT2D eigenvalue weighted by Crippen LogP contribution is 2.27. The maximum absolute atomic E-state index is 12.6. The number of piperazine rings is 1. The van der Waals surface area contributed by atoms with Crippen molar-refractivity contribution in [1.29, 1.82) is 0 Å². The second-order valence-electron chi connectivity index (χ2n) is 6.43. The third kappa shape index (κ3) is 4.41. The lowest BCUT2D eigenvalue weighted by Crippen LogP contribution is -3.14. The molecule has 1 aliphatic heterocycles. The molecule has 0 bridgehead atoms. The van der Waals surface area contributed by atoms with Crippen molar-refractivity contribution in [2.45, 2.75) is 31.2 Å². The molecule has 1 aromatic carbocycles. The molecule has 1 aromatic heterocycles. The van der Waals surface area contributed by atoms with E-state index in [1.165, 1.54) is 11.8 Å². The zero-order valence-corrected chi connectivity index (χ0v) is 15.8. The highest BCUT2D eigenvalue weighted by molar-refractivity contribution is 8.00. The third-order valence-electron chi connectivity index (χ3n) is 4.58. The van der Waals surface area contributed by atoms with Crippen LogP contribution in [-0.4, -0.2) is 59.0 Å². The topological polar surface area (TPSA) is 63.7 Å². The zero-order valence-electron chi connectivity index (χ0n) is 15.0. The Morgan fingerprint density at radius 1 is 1.36 bits per heavy atom. The van der Waals surface area contributed by atoms with E-state index in [0.717, 1.165) is 43.9 Å². The molecule has 1 N–H and O–H groups in total. The molecule has 6 nitrogen and oxygen atoms in total. The average molecular weight is 361 g/mol. The molecule has 1 aliphatic rings. The number of carbonyl (C=O) groups is 1. The molecule has 1 amide bonds. The Morgan fingerprint density at radius 3 is 2.80 bits per heavy atom. The standard InChI is InChI=1S/C18H24N4O2S/c1-4-21-8-10-22(11-9-21)17(23)14(3)25-18-20-19-16(24-18)15-7-5-6-13(2)12-15/h5-7,12,14H,4,8-11H2,1-3H3/p+1/t14-/m1/s1. The van der Waals surface area contributed by atoms with Crippen molar-refractivity contribution in [3.8, 4) is 11.5 Å². The van der Waals surface area contributed by atoms with Crippen LogP contribution in [0.3, 0.4) is 0 Å². The second-order valence-corrected chi connectivity index (χ2v) is 7.72. The maximum Gasteiger partial charge on any atom is 0.277 e. The number of aryl methyl sites for hydroxylation is 1. The quantitative estimate of drug-likeness (QED) is 0.813. The number of rotatable bonds is 5. The van der Waals surface area contributed by atoms with E-state index < -0.39 is 0 Å². The summed E-state index contributed by atoms with van der Waals surface area (Å²) in [4.78, 5) is 16.1. The predicted octanol–water partition coefficient (Wildman–Crippen LogP) is 1.27. The summed E-state index contributed by atoms with van der Waals surface area (Å²) in [6.45, 7) is 10.9. The van der Waals surface area contributed by atoms with Gasteiger partial charge in [-0.05, 0) is 32.9 Å². The van der Waals surface area contributed by atoms with Gasteiger partial charge in [0, 0.05) is 5.56 Å². The van der Waals surface area contributed by atoms with Gasteiger partial charge in [0.05, 0.1) is 38.0 Å². The van der Waals surface area contributed by atoms with Gasteiger partial charge in [-0.15, -0.1) is 10.2 Å². The number of nitrogens with one attached hydrogen (secondary N) is 1. The van der Waals surface area contributed by atoms with Crippen LogP contribution in [0.1, 0.15) is 19.4 Å². The molecular weight excluding hydrogens is 336 g/mol. The lowest BCUT2D eigenvalue weighted by atomic mass is 10.1. The first-order chi connectivity index (χ1) is 12.1. The summed E-state index contributed by atoms with van der Waals surface area (Å²) in [5.74, 6) is 0.640. The van der Waals surface area contributed by atoms with E-state index >= 15 is 0 Å². The van der Waals surface area contributed by atoms with Crippen LogP contribution in [0.4, 0.5) is 0 Å². The van der Waals surface area contributed by atoms with Crippen LogP contribution in [0.15, 0.2) is 33.9 Å². The van der Waals surface area contributed by atoms with E-state index in [2.05, 4.69) is 17.1 Å². The monoisotopic (exact) mass is 361 g/mol. The molecule has 25 heavy (non-hydrogen) atoms. The number of aromatic nitrogens is 2. The number of nitrogens with zero attached hydrogens (tertiary/aromatic N) is 3. The molecular formula is C18H25N4O2S+. The zero-order chi connectivity index (χ0) is 17.8. The number of carbonyl (C=O) groups excluding carboxylic acids is 1. The molecule has 0 saturated carbocycles. The Kier molecular flexibility index (Phi) is 5.75. The SMILES string of the molecule is CC[NH+]1CCN(C(=O)[C@@H](C)Sc2nnc(-c3cccc(C)c3)o2)CC1. The van der Waals surface area contributed by atoms with Crippen LogP contribution in [-0.2, 0) is 4.79 Å². The fraction of sp³-hybridized carbons (Fsp3) is 0.500. The maximum atomic E-state index is 12.6. The molecule has 0 unspecified atom stereocenters. The molecule has 7 heteroatoms. The molecule has 3 rings (SSSR count). The molecule has 1 atom stereocenters. The smallest absolute Gasteiger partial charge is 0.277 e. The number of quaternary nitrogens is 1. The number of likely N-dealkylation sites (N-methyl/N-ethyl adjacent to an activating group) is 1. The minimum absolute atomic E-state index is 0.149. The summed E-state index contributed by atoms with van der Waals surface area (Å²) in [6, 6.07) is 7.94. The van der Waals surface area contributed by atoms with Crippen molar-refractivity contribution in [3.05, 3.63) is 29.8 Å². The van der Waals surface area contributed by atoms with Gasteiger partial charge in [0.2, 0.25) is 11.8 Å². The number of amides is 1. The first-order valence-electron chi connectivity index (χ1n) is 8.76. The van der Waals surface area contributed by atoms with Gasteiger partial charge in [-0.2, -0.15) is 0 Å². The molecule has 0 aliphatic carbocycles. The van der Waals surface area contributed by atoms with E-state index in [0.29, 0.717) is 11.1 Å². The molecule has 134 valence electrons. The van der Waals surface area contributed by atoms with E-state index in [4.69, 9.17) is 4.42 Å². The fourth-order valence-corrected chi connectivity index (χ4v) is 3.78. The van der Waals surface area contributed by atoms with Gasteiger partial charge in [0.25, 0.3) is 5.22 Å². The second kappa shape index (κ2) is 8.01. The van der Waals surface area contributed by atoms with Gasteiger partial charge in [0.15, 0.2) is 0 Å². The minimum Gasteiger partial charge on any atom is -0.411 e. The van der Waals surface area contributed by atoms with Crippen molar-refractivity contribution >= 4 is 17.7 Å². The lowest BCUT2D eigenvalue weighted by molar-refractivity contribution is -0.902. The molecule has 1 fully saturated rings. The average Bonchev–Trinajstić information content (AvgIpc) is 3.09. The highest BCUT2D eigenvalue weighted by Gasteiger charge is 2.28. The number of thioether (sulfide) groups is 1. The van der Waals surface area contributed by atoms with Gasteiger partial charge in [-0.1, -0.05) is 29.5 Å². The van der Waals surface area contributed by atoms with Crippen LogP contribution in [0.25, 0.3) is 11.5 Å². The van der Waals surface area contributed by atoms with Crippen molar-refractivity contribution in [3.63, 3.8) is 0 Å². The van der Waals surface area contributed by atoms with Gasteiger partial charge in [-0.3, -0.25) is 4.79 Å².